The number of aliphatic imine (C=N–C) groups is 3. The van der Waals surface area contributed by atoms with Crippen molar-refractivity contribution >= 4 is 40.0 Å². The van der Waals surface area contributed by atoms with E-state index >= 15 is 0 Å². The van der Waals surface area contributed by atoms with E-state index < -0.39 is 0 Å². The number of aliphatic hydroxyl groups excluding tert-OH is 1. The van der Waals surface area contributed by atoms with Gasteiger partial charge in [-0.1, -0.05) is 94.9 Å². The standard InChI is InChI=1S/C48H52N4O3/c1-5-7-9-11-13-36-38-23-27-42(49-38)46(33-17-15-32(16-18-33)31(3)53)43-28-24-39(50-43)37(14-12-10-8-6-2)41-26-30-45(52-41)47(44-29-25-40(36)51-44)34-19-21-35(22-20-34)48(54)55-4/h15-21,23-30,35,49,53H,5-14,22H2,1-4H3. The molecule has 0 fully saturated rings. The second kappa shape index (κ2) is 17.3. The Labute approximate surface area is 324 Å². The van der Waals surface area contributed by atoms with Crippen LogP contribution in [0.5, 0.6) is 0 Å². The van der Waals surface area contributed by atoms with Crippen molar-refractivity contribution in [1.82, 2.24) is 4.98 Å². The maximum absolute atomic E-state index is 12.4. The van der Waals surface area contributed by atoms with Gasteiger partial charge in [-0.2, -0.15) is 0 Å². The highest BCUT2D eigenvalue weighted by Crippen LogP contribution is 2.36. The lowest BCUT2D eigenvalue weighted by Crippen LogP contribution is -2.16. The largest absolute Gasteiger partial charge is 0.512 e. The van der Waals surface area contributed by atoms with Gasteiger partial charge in [-0.15, -0.1) is 0 Å². The number of benzene rings is 1. The molecule has 0 amide bonds. The molecule has 55 heavy (non-hydrogen) atoms. The van der Waals surface area contributed by atoms with Gasteiger partial charge in [0.05, 0.1) is 53.0 Å². The maximum atomic E-state index is 12.4. The van der Waals surface area contributed by atoms with Gasteiger partial charge in [0.2, 0.25) is 0 Å². The van der Waals surface area contributed by atoms with E-state index in [0.29, 0.717) is 12.2 Å². The first-order valence-corrected chi connectivity index (χ1v) is 20.1. The SMILES string of the molecule is CCCCCCC1=C2C=CC(=N2)C(=c2ccc(=C(C)O)cc2)c2ccc([nH]2)C(CCCCCC)=C2C=CC(=N2)C(C2=CCC(C(=O)OC)C=C2)=C2C=CC1=N2. The van der Waals surface area contributed by atoms with Crippen LogP contribution in [0.15, 0.2) is 140 Å². The number of methoxy groups -OCH3 is 1. The summed E-state index contributed by atoms with van der Waals surface area (Å²) in [6.45, 7) is 6.19. The summed E-state index contributed by atoms with van der Waals surface area (Å²) in [6.07, 6.45) is 30.3. The van der Waals surface area contributed by atoms with Gasteiger partial charge in [0.15, 0.2) is 0 Å². The first kappa shape index (κ1) is 37.7. The van der Waals surface area contributed by atoms with Crippen molar-refractivity contribution in [2.24, 2.45) is 20.9 Å². The molecule has 1 aliphatic carbocycles. The average Bonchev–Trinajstić information content (AvgIpc) is 4.05. The minimum Gasteiger partial charge on any atom is -0.512 e. The van der Waals surface area contributed by atoms with Crippen LogP contribution in [-0.2, 0) is 9.53 Å². The summed E-state index contributed by atoms with van der Waals surface area (Å²) >= 11 is 0. The van der Waals surface area contributed by atoms with Crippen molar-refractivity contribution in [2.75, 3.05) is 7.11 Å². The van der Waals surface area contributed by atoms with Crippen LogP contribution in [-0.4, -0.2) is 40.3 Å². The number of fused-ring (bicyclic) bond motifs is 5. The summed E-state index contributed by atoms with van der Waals surface area (Å²) in [4.78, 5) is 32.3. The number of nitrogens with one attached hydrogen (secondary N) is 1. The number of unbranched alkanes of at least 4 members (excludes halogenated alkanes) is 6. The number of esters is 1. The Hall–Kier alpha value is -5.56. The van der Waals surface area contributed by atoms with Crippen LogP contribution in [0, 0.1) is 5.92 Å². The van der Waals surface area contributed by atoms with E-state index in [1.165, 1.54) is 38.4 Å². The Bertz CT molecular complexity index is 2320. The molecule has 0 saturated heterocycles. The van der Waals surface area contributed by atoms with Crippen LogP contribution in [0.4, 0.5) is 0 Å². The van der Waals surface area contributed by atoms with Gasteiger partial charge in [-0.3, -0.25) is 4.79 Å². The van der Waals surface area contributed by atoms with Crippen LogP contribution in [0.2, 0.25) is 0 Å². The van der Waals surface area contributed by atoms with Crippen molar-refractivity contribution < 1.29 is 14.6 Å². The quantitative estimate of drug-likeness (QED) is 0.168. The third kappa shape index (κ3) is 8.26. The molecule has 2 aromatic rings. The van der Waals surface area contributed by atoms with Gasteiger partial charge in [0, 0.05) is 38.9 Å². The van der Waals surface area contributed by atoms with E-state index in [-0.39, 0.29) is 11.9 Å². The smallest absolute Gasteiger partial charge is 0.312 e. The van der Waals surface area contributed by atoms with Crippen molar-refractivity contribution in [3.63, 3.8) is 0 Å². The number of carbonyl (C=O) groups is 1. The lowest BCUT2D eigenvalue weighted by Gasteiger charge is -2.17. The van der Waals surface area contributed by atoms with Crippen LogP contribution in [0.1, 0.15) is 103 Å². The van der Waals surface area contributed by atoms with Gasteiger partial charge in [-0.25, -0.2) is 15.0 Å². The summed E-state index contributed by atoms with van der Waals surface area (Å²) in [6, 6.07) is 12.4. The molecule has 7 rings (SSSR count). The minimum absolute atomic E-state index is 0.232. The fourth-order valence-corrected chi connectivity index (χ4v) is 7.85. The average molecular weight is 733 g/mol. The molecule has 0 spiro atoms. The second-order valence-electron chi connectivity index (χ2n) is 14.8. The lowest BCUT2D eigenvalue weighted by molar-refractivity contribution is -0.143. The van der Waals surface area contributed by atoms with Gasteiger partial charge in [0.1, 0.15) is 0 Å². The number of carbonyl (C=O) groups excluding carboxylic acids is 1. The number of hydrogen-bond acceptors (Lipinski definition) is 6. The molecule has 282 valence electrons. The number of aromatic nitrogens is 1. The molecule has 5 aliphatic rings. The first-order valence-electron chi connectivity index (χ1n) is 20.1. The van der Waals surface area contributed by atoms with E-state index in [2.05, 4.69) is 85.6 Å². The summed E-state index contributed by atoms with van der Waals surface area (Å²) in [5.41, 5.74) is 12.7. The van der Waals surface area contributed by atoms with E-state index in [1.54, 1.807) is 6.92 Å². The van der Waals surface area contributed by atoms with Gasteiger partial charge >= 0.3 is 5.97 Å². The number of aliphatic hydroxyl groups is 1. The molecular weight excluding hydrogens is 681 g/mol. The predicted octanol–water partition coefficient (Wildman–Crippen LogP) is 9.78. The molecule has 4 aliphatic heterocycles. The topological polar surface area (TPSA) is 99.4 Å². The molecule has 7 heteroatoms. The third-order valence-electron chi connectivity index (χ3n) is 10.9. The Morgan fingerprint density at radius 1 is 0.709 bits per heavy atom. The molecular formula is C48H52N4O3. The maximum Gasteiger partial charge on any atom is 0.312 e. The number of allylic oxidation sites excluding steroid dienone is 12. The van der Waals surface area contributed by atoms with Crippen molar-refractivity contribution in [1.29, 1.82) is 0 Å². The molecule has 0 saturated carbocycles. The normalized spacial score (nSPS) is 18.7. The van der Waals surface area contributed by atoms with Gasteiger partial charge in [0.25, 0.3) is 0 Å². The Kier molecular flexibility index (Phi) is 11.9. The molecule has 1 aromatic heterocycles. The number of nitrogens with zero attached hydrogens (tertiary/aromatic N) is 3. The van der Waals surface area contributed by atoms with Crippen LogP contribution in [0.25, 0.3) is 16.9 Å². The number of aromatic amines is 1. The van der Waals surface area contributed by atoms with E-state index in [9.17, 15) is 9.90 Å². The Balaban J connectivity index is 1.45. The number of ether oxygens (including phenoxy) is 1. The zero-order chi connectivity index (χ0) is 38.3. The predicted molar refractivity (Wildman–Crippen MR) is 226 cm³/mol. The molecule has 1 aromatic carbocycles. The van der Waals surface area contributed by atoms with Crippen LogP contribution >= 0.6 is 0 Å². The zero-order valence-electron chi connectivity index (χ0n) is 32.6. The fourth-order valence-electron chi connectivity index (χ4n) is 7.85. The fraction of sp³-hybridized carbons (Fsp3) is 0.333. The van der Waals surface area contributed by atoms with Gasteiger partial charge < -0.3 is 14.8 Å². The molecule has 0 radical (unpaired) electrons. The summed E-state index contributed by atoms with van der Waals surface area (Å²) in [5, 5.41) is 12.0. The molecule has 5 heterocycles. The molecule has 8 bridgehead atoms. The highest BCUT2D eigenvalue weighted by Gasteiger charge is 2.27. The summed E-state index contributed by atoms with van der Waals surface area (Å²) in [5.74, 6) is -0.251. The van der Waals surface area contributed by atoms with E-state index in [4.69, 9.17) is 19.7 Å². The van der Waals surface area contributed by atoms with E-state index in [1.807, 2.05) is 24.3 Å². The Morgan fingerprint density at radius 3 is 1.95 bits per heavy atom. The van der Waals surface area contributed by atoms with Crippen molar-refractivity contribution in [3.05, 3.63) is 147 Å². The lowest BCUT2D eigenvalue weighted by atomic mass is 9.90. The molecule has 1 atom stereocenters. The highest BCUT2D eigenvalue weighted by atomic mass is 16.5. The highest BCUT2D eigenvalue weighted by molar-refractivity contribution is 6.30. The third-order valence-corrected chi connectivity index (χ3v) is 10.9. The number of rotatable bonds is 12. The molecule has 7 nitrogen and oxygen atoms in total. The van der Waals surface area contributed by atoms with Crippen molar-refractivity contribution in [3.8, 4) is 0 Å². The monoisotopic (exact) mass is 732 g/mol. The second-order valence-corrected chi connectivity index (χ2v) is 14.8. The molecule has 1 unspecified atom stereocenters. The zero-order valence-corrected chi connectivity index (χ0v) is 32.6. The minimum atomic E-state index is -0.311. The van der Waals surface area contributed by atoms with Crippen LogP contribution < -0.4 is 10.4 Å². The summed E-state index contributed by atoms with van der Waals surface area (Å²) < 4.78 is 5.06. The number of hydrogen-bond donors (Lipinski definition) is 2. The Morgan fingerprint density at radius 2 is 1.31 bits per heavy atom. The molecule has 2 N–H and O–H groups in total. The summed E-state index contributed by atoms with van der Waals surface area (Å²) in [7, 11) is 1.44. The van der Waals surface area contributed by atoms with Crippen molar-refractivity contribution in [2.45, 2.75) is 91.4 Å². The van der Waals surface area contributed by atoms with E-state index in [0.717, 1.165) is 117 Å². The first-order chi connectivity index (χ1) is 26.9. The van der Waals surface area contributed by atoms with Crippen LogP contribution in [0.3, 0.4) is 0 Å². The van der Waals surface area contributed by atoms with Gasteiger partial charge in [-0.05, 0) is 98.4 Å². The number of H-pyrrole nitrogens is 1.